The zero-order chi connectivity index (χ0) is 13.8. The molecule has 2 rings (SSSR count). The van der Waals surface area contributed by atoms with E-state index in [9.17, 15) is 9.18 Å². The number of rotatable bonds is 4. The first-order valence-electron chi connectivity index (χ1n) is 6.42. The minimum atomic E-state index is -0.287. The van der Waals surface area contributed by atoms with Crippen LogP contribution in [0.4, 0.5) is 4.39 Å². The van der Waals surface area contributed by atoms with Gasteiger partial charge in [-0.1, -0.05) is 24.3 Å². The Hall–Kier alpha value is -1.96. The second kappa shape index (κ2) is 5.79. The molecule has 0 spiro atoms. The van der Waals surface area contributed by atoms with Gasteiger partial charge in [-0.05, 0) is 61.6 Å². The molecule has 0 heterocycles. The van der Waals surface area contributed by atoms with Gasteiger partial charge in [0, 0.05) is 5.56 Å². The first kappa shape index (κ1) is 13.5. The third kappa shape index (κ3) is 3.28. The van der Waals surface area contributed by atoms with Gasteiger partial charge in [-0.3, -0.25) is 4.79 Å². The van der Waals surface area contributed by atoms with Crippen LogP contribution in [0.25, 0.3) is 0 Å². The Morgan fingerprint density at radius 1 is 1.05 bits per heavy atom. The predicted octanol–water partition coefficient (Wildman–Crippen LogP) is 4.12. The van der Waals surface area contributed by atoms with Gasteiger partial charge >= 0.3 is 0 Å². The van der Waals surface area contributed by atoms with E-state index in [0.29, 0.717) is 12.0 Å². The lowest BCUT2D eigenvalue weighted by Crippen LogP contribution is -2.03. The van der Waals surface area contributed by atoms with Crippen molar-refractivity contribution in [2.45, 2.75) is 26.7 Å². The Balaban J connectivity index is 2.22. The van der Waals surface area contributed by atoms with Crippen LogP contribution < -0.4 is 0 Å². The summed E-state index contributed by atoms with van der Waals surface area (Å²) < 4.78 is 13.3. The molecule has 0 saturated heterocycles. The second-order valence-electron chi connectivity index (χ2n) is 4.78. The third-order valence-electron chi connectivity index (χ3n) is 3.37. The van der Waals surface area contributed by atoms with E-state index < -0.39 is 0 Å². The number of carbonyl (C=O) groups excluding carboxylic acids is 1. The second-order valence-corrected chi connectivity index (χ2v) is 4.78. The van der Waals surface area contributed by atoms with E-state index in [1.807, 2.05) is 12.1 Å². The number of carbonyl (C=O) groups is 1. The number of aryl methyl sites for hydroxylation is 3. The summed E-state index contributed by atoms with van der Waals surface area (Å²) in [6, 6.07) is 12.5. The van der Waals surface area contributed by atoms with Gasteiger partial charge in [0.2, 0.25) is 0 Å². The van der Waals surface area contributed by atoms with Gasteiger partial charge in [0.25, 0.3) is 0 Å². The highest BCUT2D eigenvalue weighted by Gasteiger charge is 2.09. The maximum Gasteiger partial charge on any atom is 0.160 e. The summed E-state index contributed by atoms with van der Waals surface area (Å²) in [5.74, 6) is -0.301. The lowest BCUT2D eigenvalue weighted by Gasteiger charge is -2.09. The molecule has 1 nitrogen and oxygen atoms in total. The Kier molecular flexibility index (Phi) is 4.10. The molecule has 19 heavy (non-hydrogen) atoms. The first-order valence-corrected chi connectivity index (χ1v) is 6.42. The van der Waals surface area contributed by atoms with Crippen LogP contribution >= 0.6 is 0 Å². The molecule has 0 amide bonds. The lowest BCUT2D eigenvalue weighted by atomic mass is 9.96. The molecule has 0 aromatic heterocycles. The number of halogens is 1. The van der Waals surface area contributed by atoms with E-state index in [1.165, 1.54) is 30.2 Å². The van der Waals surface area contributed by atoms with E-state index in [4.69, 9.17) is 0 Å². The average Bonchev–Trinajstić information content (AvgIpc) is 2.37. The van der Waals surface area contributed by atoms with Gasteiger partial charge in [0.15, 0.2) is 5.78 Å². The van der Waals surface area contributed by atoms with Crippen LogP contribution in [0, 0.1) is 12.7 Å². The number of Topliss-reactive ketones (excluding diaryl/α,β-unsaturated/α-hetero) is 1. The molecule has 0 saturated carbocycles. The van der Waals surface area contributed by atoms with Gasteiger partial charge < -0.3 is 0 Å². The molecule has 2 aromatic carbocycles. The number of hydrogen-bond donors (Lipinski definition) is 0. The molecule has 0 aliphatic heterocycles. The Labute approximate surface area is 113 Å². The topological polar surface area (TPSA) is 17.1 Å². The molecule has 0 atom stereocenters. The normalized spacial score (nSPS) is 10.5. The average molecular weight is 256 g/mol. The zero-order valence-electron chi connectivity index (χ0n) is 11.2. The fourth-order valence-electron chi connectivity index (χ4n) is 2.27. The van der Waals surface area contributed by atoms with Crippen molar-refractivity contribution in [2.24, 2.45) is 0 Å². The van der Waals surface area contributed by atoms with E-state index in [2.05, 4.69) is 19.1 Å². The molecule has 2 heteroatoms. The predicted molar refractivity (Wildman–Crippen MR) is 75.0 cm³/mol. The van der Waals surface area contributed by atoms with Crippen molar-refractivity contribution in [1.82, 2.24) is 0 Å². The molecular weight excluding hydrogens is 239 g/mol. The highest BCUT2D eigenvalue weighted by atomic mass is 19.1. The first-order chi connectivity index (χ1) is 9.08. The largest absolute Gasteiger partial charge is 0.295 e. The standard InChI is InChI=1S/C17H17FO/c1-12-5-3-4-6-14(12)7-8-15-11-16(18)9-10-17(15)13(2)19/h3-6,9-11H,7-8H2,1-2H3. The van der Waals surface area contributed by atoms with Crippen LogP contribution in [0.2, 0.25) is 0 Å². The smallest absolute Gasteiger partial charge is 0.160 e. The van der Waals surface area contributed by atoms with E-state index in [0.717, 1.165) is 12.0 Å². The molecule has 0 bridgehead atoms. The van der Waals surface area contributed by atoms with Crippen LogP contribution in [0.15, 0.2) is 42.5 Å². The van der Waals surface area contributed by atoms with Crippen LogP contribution in [-0.4, -0.2) is 5.78 Å². The van der Waals surface area contributed by atoms with Crippen LogP contribution in [-0.2, 0) is 12.8 Å². The van der Waals surface area contributed by atoms with E-state index in [1.54, 1.807) is 6.07 Å². The van der Waals surface area contributed by atoms with Crippen LogP contribution in [0.1, 0.15) is 34.0 Å². The molecule has 98 valence electrons. The molecule has 0 radical (unpaired) electrons. The van der Waals surface area contributed by atoms with Crippen molar-refractivity contribution >= 4 is 5.78 Å². The summed E-state index contributed by atoms with van der Waals surface area (Å²) in [5, 5.41) is 0. The highest BCUT2D eigenvalue weighted by molar-refractivity contribution is 5.95. The summed E-state index contributed by atoms with van der Waals surface area (Å²) in [7, 11) is 0. The van der Waals surface area contributed by atoms with Gasteiger partial charge in [-0.25, -0.2) is 4.39 Å². The van der Waals surface area contributed by atoms with Gasteiger partial charge in [-0.2, -0.15) is 0 Å². The van der Waals surface area contributed by atoms with Gasteiger partial charge in [-0.15, -0.1) is 0 Å². The fraction of sp³-hybridized carbons (Fsp3) is 0.235. The highest BCUT2D eigenvalue weighted by Crippen LogP contribution is 2.16. The molecule has 0 aliphatic rings. The minimum Gasteiger partial charge on any atom is -0.295 e. The quantitative estimate of drug-likeness (QED) is 0.752. The molecule has 0 aliphatic carbocycles. The Bertz CT molecular complexity index is 602. The van der Waals surface area contributed by atoms with Crippen molar-refractivity contribution in [2.75, 3.05) is 0 Å². The third-order valence-corrected chi connectivity index (χ3v) is 3.37. The van der Waals surface area contributed by atoms with Gasteiger partial charge in [0.05, 0.1) is 0 Å². The monoisotopic (exact) mass is 256 g/mol. The summed E-state index contributed by atoms with van der Waals surface area (Å²) in [6.07, 6.45) is 1.49. The van der Waals surface area contributed by atoms with E-state index in [-0.39, 0.29) is 11.6 Å². The summed E-state index contributed by atoms with van der Waals surface area (Å²) in [6.45, 7) is 3.58. The van der Waals surface area contributed by atoms with E-state index >= 15 is 0 Å². The maximum atomic E-state index is 13.3. The lowest BCUT2D eigenvalue weighted by molar-refractivity contribution is 0.101. The molecule has 0 fully saturated rings. The van der Waals surface area contributed by atoms with Crippen molar-refractivity contribution in [1.29, 1.82) is 0 Å². The number of hydrogen-bond acceptors (Lipinski definition) is 1. The van der Waals surface area contributed by atoms with Gasteiger partial charge in [0.1, 0.15) is 5.82 Å². The number of benzene rings is 2. The zero-order valence-corrected chi connectivity index (χ0v) is 11.2. The Morgan fingerprint density at radius 3 is 2.42 bits per heavy atom. The van der Waals surface area contributed by atoms with Crippen molar-refractivity contribution in [3.63, 3.8) is 0 Å². The molecule has 0 N–H and O–H groups in total. The van der Waals surface area contributed by atoms with Crippen LogP contribution in [0.5, 0.6) is 0 Å². The molecular formula is C17H17FO. The van der Waals surface area contributed by atoms with Crippen molar-refractivity contribution in [3.05, 3.63) is 70.5 Å². The van der Waals surface area contributed by atoms with Crippen LogP contribution in [0.3, 0.4) is 0 Å². The van der Waals surface area contributed by atoms with Crippen molar-refractivity contribution < 1.29 is 9.18 Å². The maximum absolute atomic E-state index is 13.3. The Morgan fingerprint density at radius 2 is 1.74 bits per heavy atom. The number of ketones is 1. The minimum absolute atomic E-state index is 0.0141. The summed E-state index contributed by atoms with van der Waals surface area (Å²) in [5.41, 5.74) is 3.87. The van der Waals surface area contributed by atoms with Crippen molar-refractivity contribution in [3.8, 4) is 0 Å². The molecule has 2 aromatic rings. The fourth-order valence-corrected chi connectivity index (χ4v) is 2.27. The SMILES string of the molecule is CC(=O)c1ccc(F)cc1CCc1ccccc1C. The summed E-state index contributed by atoms with van der Waals surface area (Å²) >= 11 is 0. The molecule has 0 unspecified atom stereocenters. The summed E-state index contributed by atoms with van der Waals surface area (Å²) in [4.78, 5) is 11.5.